The van der Waals surface area contributed by atoms with Crippen molar-refractivity contribution in [1.29, 1.82) is 0 Å². The Morgan fingerprint density at radius 3 is 2.09 bits per heavy atom. The SMILES string of the molecule is O=C(CC(=O)C(F)(F)F)c1ccc(OCc2ccccc2)cc1. The Hall–Kier alpha value is -2.63. The van der Waals surface area contributed by atoms with E-state index in [4.69, 9.17) is 4.74 Å². The van der Waals surface area contributed by atoms with E-state index in [0.29, 0.717) is 12.4 Å². The second-order valence-corrected chi connectivity index (χ2v) is 4.82. The maximum absolute atomic E-state index is 12.1. The van der Waals surface area contributed by atoms with Crippen molar-refractivity contribution in [3.8, 4) is 5.75 Å². The normalized spacial score (nSPS) is 11.1. The lowest BCUT2D eigenvalue weighted by Crippen LogP contribution is -2.25. The number of hydrogen-bond donors (Lipinski definition) is 0. The van der Waals surface area contributed by atoms with Crippen LogP contribution in [0.1, 0.15) is 22.3 Å². The van der Waals surface area contributed by atoms with E-state index in [1.165, 1.54) is 24.3 Å². The quantitative estimate of drug-likeness (QED) is 0.597. The second-order valence-electron chi connectivity index (χ2n) is 4.82. The van der Waals surface area contributed by atoms with Gasteiger partial charge in [-0.2, -0.15) is 13.2 Å². The lowest BCUT2D eigenvalue weighted by molar-refractivity contribution is -0.170. The Morgan fingerprint density at radius 1 is 0.913 bits per heavy atom. The summed E-state index contributed by atoms with van der Waals surface area (Å²) < 4.78 is 41.9. The van der Waals surface area contributed by atoms with Crippen LogP contribution < -0.4 is 4.74 Å². The van der Waals surface area contributed by atoms with Crippen LogP contribution in [0.5, 0.6) is 5.75 Å². The number of ether oxygens (including phenoxy) is 1. The molecule has 0 saturated carbocycles. The molecule has 0 radical (unpaired) electrons. The molecule has 0 aliphatic carbocycles. The Kier molecular flexibility index (Phi) is 5.16. The summed E-state index contributed by atoms with van der Waals surface area (Å²) in [6, 6.07) is 15.0. The van der Waals surface area contributed by atoms with Gasteiger partial charge in [-0.3, -0.25) is 9.59 Å². The molecule has 0 atom stereocenters. The van der Waals surface area contributed by atoms with Gasteiger partial charge in [0, 0.05) is 5.56 Å². The highest BCUT2D eigenvalue weighted by molar-refractivity contribution is 6.09. The number of carbonyl (C=O) groups excluding carboxylic acids is 2. The number of rotatable bonds is 6. The highest BCUT2D eigenvalue weighted by atomic mass is 19.4. The van der Waals surface area contributed by atoms with Gasteiger partial charge in [0.05, 0.1) is 6.42 Å². The third-order valence-corrected chi connectivity index (χ3v) is 3.06. The van der Waals surface area contributed by atoms with E-state index in [2.05, 4.69) is 0 Å². The van der Waals surface area contributed by atoms with Crippen LogP contribution in [0.4, 0.5) is 13.2 Å². The van der Waals surface area contributed by atoms with Gasteiger partial charge in [0.2, 0.25) is 5.78 Å². The number of carbonyl (C=O) groups is 2. The van der Waals surface area contributed by atoms with E-state index >= 15 is 0 Å². The largest absolute Gasteiger partial charge is 0.489 e. The molecule has 0 bridgehead atoms. The highest BCUT2D eigenvalue weighted by Gasteiger charge is 2.39. The van der Waals surface area contributed by atoms with Crippen molar-refractivity contribution >= 4 is 11.6 Å². The summed E-state index contributed by atoms with van der Waals surface area (Å²) in [6.07, 6.45) is -6.18. The Morgan fingerprint density at radius 2 is 1.52 bits per heavy atom. The van der Waals surface area contributed by atoms with Crippen LogP contribution in [-0.2, 0) is 11.4 Å². The topological polar surface area (TPSA) is 43.4 Å². The molecule has 120 valence electrons. The van der Waals surface area contributed by atoms with E-state index in [9.17, 15) is 22.8 Å². The molecule has 2 rings (SSSR count). The molecule has 0 amide bonds. The third-order valence-electron chi connectivity index (χ3n) is 3.06. The maximum atomic E-state index is 12.1. The van der Waals surface area contributed by atoms with Crippen LogP contribution in [0.25, 0.3) is 0 Å². The molecule has 0 heterocycles. The summed E-state index contributed by atoms with van der Waals surface area (Å²) in [7, 11) is 0. The molecule has 2 aromatic carbocycles. The molecule has 0 aliphatic heterocycles. The summed E-state index contributed by atoms with van der Waals surface area (Å²) in [4.78, 5) is 22.4. The van der Waals surface area contributed by atoms with Crippen LogP contribution in [-0.4, -0.2) is 17.7 Å². The van der Waals surface area contributed by atoms with Gasteiger partial charge in [0.1, 0.15) is 12.4 Å². The molecule has 0 spiro atoms. The average Bonchev–Trinajstić information content (AvgIpc) is 2.53. The summed E-state index contributed by atoms with van der Waals surface area (Å²) in [5, 5.41) is 0. The summed E-state index contributed by atoms with van der Waals surface area (Å²) in [6.45, 7) is 0.334. The van der Waals surface area contributed by atoms with E-state index < -0.39 is 24.2 Å². The van der Waals surface area contributed by atoms with Gasteiger partial charge >= 0.3 is 6.18 Å². The minimum absolute atomic E-state index is 0.0367. The zero-order chi connectivity index (χ0) is 16.9. The Bertz CT molecular complexity index is 676. The fourth-order valence-electron chi connectivity index (χ4n) is 1.83. The van der Waals surface area contributed by atoms with Gasteiger partial charge < -0.3 is 4.74 Å². The van der Waals surface area contributed by atoms with Gasteiger partial charge in [-0.1, -0.05) is 30.3 Å². The lowest BCUT2D eigenvalue weighted by atomic mass is 10.1. The average molecular weight is 322 g/mol. The number of ketones is 2. The number of benzene rings is 2. The number of Topliss-reactive ketones (excluding diaryl/α,β-unsaturated/α-hetero) is 2. The fraction of sp³-hybridized carbons (Fsp3) is 0.176. The first kappa shape index (κ1) is 16.7. The van der Waals surface area contributed by atoms with E-state index in [1.807, 2.05) is 30.3 Å². The predicted octanol–water partition coefficient (Wildman–Crippen LogP) is 3.97. The predicted molar refractivity (Wildman–Crippen MR) is 77.2 cm³/mol. The molecule has 0 unspecified atom stereocenters. The Balaban J connectivity index is 1.94. The van der Waals surface area contributed by atoms with Gasteiger partial charge in [0.25, 0.3) is 0 Å². The second kappa shape index (κ2) is 7.09. The maximum Gasteiger partial charge on any atom is 0.450 e. The molecule has 23 heavy (non-hydrogen) atoms. The zero-order valence-electron chi connectivity index (χ0n) is 12.0. The molecule has 0 aliphatic rings. The highest BCUT2D eigenvalue weighted by Crippen LogP contribution is 2.20. The monoisotopic (exact) mass is 322 g/mol. The van der Waals surface area contributed by atoms with Crippen molar-refractivity contribution in [2.45, 2.75) is 19.2 Å². The van der Waals surface area contributed by atoms with Crippen LogP contribution in [0.3, 0.4) is 0 Å². The van der Waals surface area contributed by atoms with Crippen molar-refractivity contribution < 1.29 is 27.5 Å². The summed E-state index contributed by atoms with van der Waals surface area (Å²) >= 11 is 0. The number of hydrogen-bond acceptors (Lipinski definition) is 3. The lowest BCUT2D eigenvalue weighted by Gasteiger charge is -2.07. The first-order valence-electron chi connectivity index (χ1n) is 6.76. The molecule has 6 heteroatoms. The van der Waals surface area contributed by atoms with Crippen LogP contribution >= 0.6 is 0 Å². The zero-order valence-corrected chi connectivity index (χ0v) is 12.0. The van der Waals surface area contributed by atoms with Gasteiger partial charge in [-0.15, -0.1) is 0 Å². The van der Waals surface area contributed by atoms with Crippen LogP contribution in [0.2, 0.25) is 0 Å². The minimum atomic E-state index is -4.99. The first-order valence-corrected chi connectivity index (χ1v) is 6.76. The van der Waals surface area contributed by atoms with Gasteiger partial charge in [-0.05, 0) is 29.8 Å². The molecule has 0 fully saturated rings. The van der Waals surface area contributed by atoms with Crippen molar-refractivity contribution in [3.05, 3.63) is 65.7 Å². The molecule has 3 nitrogen and oxygen atoms in total. The number of alkyl halides is 3. The van der Waals surface area contributed by atoms with Crippen molar-refractivity contribution in [3.63, 3.8) is 0 Å². The fourth-order valence-corrected chi connectivity index (χ4v) is 1.83. The van der Waals surface area contributed by atoms with Crippen molar-refractivity contribution in [1.82, 2.24) is 0 Å². The molecular formula is C17H13F3O3. The molecule has 0 aromatic heterocycles. The molecule has 2 aromatic rings. The van der Waals surface area contributed by atoms with E-state index in [1.54, 1.807) is 0 Å². The Labute approximate surface area is 130 Å². The third kappa shape index (κ3) is 4.95. The minimum Gasteiger partial charge on any atom is -0.489 e. The van der Waals surface area contributed by atoms with Crippen molar-refractivity contribution in [2.75, 3.05) is 0 Å². The summed E-state index contributed by atoms with van der Waals surface area (Å²) in [5.41, 5.74) is 0.998. The van der Waals surface area contributed by atoms with Crippen molar-refractivity contribution in [2.24, 2.45) is 0 Å². The molecule has 0 N–H and O–H groups in total. The molecule has 0 saturated heterocycles. The van der Waals surface area contributed by atoms with Gasteiger partial charge in [0.15, 0.2) is 5.78 Å². The standard InChI is InChI=1S/C17H13F3O3/c18-17(19,20)16(22)10-15(21)13-6-8-14(9-7-13)23-11-12-4-2-1-3-5-12/h1-9H,10-11H2. The van der Waals surface area contributed by atoms with Gasteiger partial charge in [-0.25, -0.2) is 0 Å². The van der Waals surface area contributed by atoms with E-state index in [-0.39, 0.29) is 5.56 Å². The summed E-state index contributed by atoms with van der Waals surface area (Å²) in [5.74, 6) is -2.44. The molecular weight excluding hydrogens is 309 g/mol. The van der Waals surface area contributed by atoms with E-state index in [0.717, 1.165) is 5.56 Å². The number of halogens is 3. The van der Waals surface area contributed by atoms with Crippen LogP contribution in [0, 0.1) is 0 Å². The first-order chi connectivity index (χ1) is 10.9. The van der Waals surface area contributed by atoms with Crippen LogP contribution in [0.15, 0.2) is 54.6 Å². The smallest absolute Gasteiger partial charge is 0.450 e.